The van der Waals surface area contributed by atoms with Crippen LogP contribution in [0.1, 0.15) is 28.8 Å². The Hall–Kier alpha value is -1.89. The van der Waals surface area contributed by atoms with Crippen LogP contribution in [-0.4, -0.2) is 44.5 Å². The lowest BCUT2D eigenvalue weighted by molar-refractivity contribution is -0.124. The summed E-state index contributed by atoms with van der Waals surface area (Å²) in [5.74, 6) is -1.15. The summed E-state index contributed by atoms with van der Waals surface area (Å²) in [5, 5.41) is 0. The third-order valence-corrected chi connectivity index (χ3v) is 4.24. The average Bonchev–Trinajstić information content (AvgIpc) is 2.46. The summed E-state index contributed by atoms with van der Waals surface area (Å²) < 4.78 is 24.3. The highest BCUT2D eigenvalue weighted by Crippen LogP contribution is 2.19. The number of amides is 2. The van der Waals surface area contributed by atoms with Crippen molar-refractivity contribution in [1.82, 2.24) is 9.62 Å². The minimum Gasteiger partial charge on any atom is -0.338 e. The Morgan fingerprint density at radius 1 is 1.23 bits per heavy atom. The van der Waals surface area contributed by atoms with E-state index in [2.05, 4.69) is 0 Å². The third kappa shape index (κ3) is 4.30. The number of hydrogen-bond donors (Lipinski definition) is 1. The number of benzene rings is 1. The number of nitrogens with one attached hydrogen (secondary N) is 1. The van der Waals surface area contributed by atoms with Crippen LogP contribution >= 0.6 is 0 Å². The number of hydrogen-bond acceptors (Lipinski definition) is 4. The molecule has 1 aromatic carbocycles. The van der Waals surface area contributed by atoms with E-state index in [1.54, 1.807) is 17.0 Å². The first kappa shape index (κ1) is 16.5. The van der Waals surface area contributed by atoms with Crippen molar-refractivity contribution >= 4 is 21.8 Å². The molecule has 6 nitrogen and oxygen atoms in total. The zero-order valence-corrected chi connectivity index (χ0v) is 13.5. The van der Waals surface area contributed by atoms with Gasteiger partial charge in [0, 0.05) is 18.7 Å². The number of rotatable bonds is 3. The van der Waals surface area contributed by atoms with Gasteiger partial charge in [-0.15, -0.1) is 0 Å². The van der Waals surface area contributed by atoms with E-state index in [1.807, 2.05) is 23.8 Å². The van der Waals surface area contributed by atoms with E-state index in [-0.39, 0.29) is 12.5 Å². The molecular formula is C15H20N2O4S. The van der Waals surface area contributed by atoms with Crippen molar-refractivity contribution in [2.45, 2.75) is 19.8 Å². The second-order valence-corrected chi connectivity index (χ2v) is 7.44. The third-order valence-electron chi connectivity index (χ3n) is 3.66. The fourth-order valence-corrected chi connectivity index (χ4v) is 3.05. The molecule has 0 spiro atoms. The molecule has 7 heteroatoms. The van der Waals surface area contributed by atoms with Crippen LogP contribution in [0.3, 0.4) is 0 Å². The normalized spacial score (nSPS) is 18.8. The van der Waals surface area contributed by atoms with E-state index in [1.165, 1.54) is 0 Å². The van der Waals surface area contributed by atoms with Crippen molar-refractivity contribution in [3.05, 3.63) is 35.4 Å². The van der Waals surface area contributed by atoms with Gasteiger partial charge in [-0.3, -0.25) is 14.3 Å². The van der Waals surface area contributed by atoms with E-state index in [0.717, 1.165) is 11.8 Å². The van der Waals surface area contributed by atoms with E-state index < -0.39 is 21.8 Å². The molecule has 1 aromatic rings. The molecule has 0 bridgehead atoms. The van der Waals surface area contributed by atoms with Gasteiger partial charge in [0.15, 0.2) is 0 Å². The Bertz CT molecular complexity index is 667. The smallest absolute Gasteiger partial charge is 0.253 e. The van der Waals surface area contributed by atoms with Crippen LogP contribution in [0, 0.1) is 12.8 Å². The van der Waals surface area contributed by atoms with Crippen LogP contribution in [0.2, 0.25) is 0 Å². The predicted molar refractivity (Wildman–Crippen MR) is 82.8 cm³/mol. The maximum atomic E-state index is 12.4. The lowest BCUT2D eigenvalue weighted by Gasteiger charge is -2.32. The predicted octanol–water partition coefficient (Wildman–Crippen LogP) is 0.923. The van der Waals surface area contributed by atoms with Gasteiger partial charge in [-0.1, -0.05) is 17.7 Å². The zero-order valence-electron chi connectivity index (χ0n) is 12.7. The number of carbonyl (C=O) groups excluding carboxylic acids is 2. The summed E-state index contributed by atoms with van der Waals surface area (Å²) in [4.78, 5) is 26.0. The maximum Gasteiger partial charge on any atom is 0.253 e. The van der Waals surface area contributed by atoms with Crippen LogP contribution in [0.25, 0.3) is 0 Å². The molecule has 22 heavy (non-hydrogen) atoms. The summed E-state index contributed by atoms with van der Waals surface area (Å²) in [5.41, 5.74) is 1.65. The highest BCUT2D eigenvalue weighted by atomic mass is 32.2. The standard InChI is InChI=1S/C15H20N2O4S/c1-11-5-7-12(8-6-11)15(19)17-9-3-4-13(10-17)14(18)16-22(2,20)21/h5-8,13H,3-4,9-10H2,1-2H3,(H,16,18). The van der Waals surface area contributed by atoms with Crippen molar-refractivity contribution in [3.8, 4) is 0 Å². The van der Waals surface area contributed by atoms with Crippen LogP contribution in [0.15, 0.2) is 24.3 Å². The second-order valence-electron chi connectivity index (χ2n) is 5.69. The summed E-state index contributed by atoms with van der Waals surface area (Å²) in [7, 11) is -3.57. The van der Waals surface area contributed by atoms with Crippen LogP contribution in [0.5, 0.6) is 0 Å². The highest BCUT2D eigenvalue weighted by Gasteiger charge is 2.30. The Labute approximate surface area is 130 Å². The molecule has 2 rings (SSSR count). The van der Waals surface area contributed by atoms with Gasteiger partial charge >= 0.3 is 0 Å². The minimum absolute atomic E-state index is 0.128. The van der Waals surface area contributed by atoms with E-state index in [0.29, 0.717) is 24.9 Å². The molecule has 1 N–H and O–H groups in total. The van der Waals surface area contributed by atoms with Crippen molar-refractivity contribution in [1.29, 1.82) is 0 Å². The number of nitrogens with zero attached hydrogens (tertiary/aromatic N) is 1. The molecule has 1 aliphatic rings. The lowest BCUT2D eigenvalue weighted by Crippen LogP contribution is -2.46. The molecule has 1 atom stereocenters. The average molecular weight is 324 g/mol. The molecule has 1 unspecified atom stereocenters. The Morgan fingerprint density at radius 3 is 2.45 bits per heavy atom. The summed E-state index contributed by atoms with van der Waals surface area (Å²) >= 11 is 0. The Morgan fingerprint density at radius 2 is 1.86 bits per heavy atom. The van der Waals surface area contributed by atoms with E-state index in [4.69, 9.17) is 0 Å². The van der Waals surface area contributed by atoms with Crippen molar-refractivity contribution < 1.29 is 18.0 Å². The fourth-order valence-electron chi connectivity index (χ4n) is 2.52. The largest absolute Gasteiger partial charge is 0.338 e. The van der Waals surface area contributed by atoms with Crippen LogP contribution in [-0.2, 0) is 14.8 Å². The molecule has 0 aromatic heterocycles. The van der Waals surface area contributed by atoms with Gasteiger partial charge in [0.05, 0.1) is 12.2 Å². The number of aryl methyl sites for hydroxylation is 1. The van der Waals surface area contributed by atoms with Crippen molar-refractivity contribution in [2.75, 3.05) is 19.3 Å². The first-order chi connectivity index (χ1) is 10.3. The molecule has 1 fully saturated rings. The topological polar surface area (TPSA) is 83.6 Å². The van der Waals surface area contributed by atoms with E-state index >= 15 is 0 Å². The van der Waals surface area contributed by atoms with Crippen LogP contribution < -0.4 is 4.72 Å². The quantitative estimate of drug-likeness (QED) is 0.896. The first-order valence-corrected chi connectivity index (χ1v) is 9.03. The Kier molecular flexibility index (Phi) is 4.85. The van der Waals surface area contributed by atoms with Crippen molar-refractivity contribution in [2.24, 2.45) is 5.92 Å². The van der Waals surface area contributed by atoms with Crippen molar-refractivity contribution in [3.63, 3.8) is 0 Å². The van der Waals surface area contributed by atoms with Gasteiger partial charge in [0.1, 0.15) is 0 Å². The number of piperidine rings is 1. The number of carbonyl (C=O) groups is 2. The lowest BCUT2D eigenvalue weighted by atomic mass is 9.97. The summed E-state index contributed by atoms with van der Waals surface area (Å²) in [6, 6.07) is 7.26. The monoisotopic (exact) mass is 324 g/mol. The molecule has 0 aliphatic carbocycles. The molecule has 2 amide bonds. The molecule has 1 aliphatic heterocycles. The van der Waals surface area contributed by atoms with Gasteiger partial charge in [0.25, 0.3) is 5.91 Å². The molecule has 0 radical (unpaired) electrons. The SMILES string of the molecule is Cc1ccc(C(=O)N2CCCC(C(=O)NS(C)(=O)=O)C2)cc1. The minimum atomic E-state index is -3.57. The van der Waals surface area contributed by atoms with Gasteiger partial charge in [-0.25, -0.2) is 8.42 Å². The van der Waals surface area contributed by atoms with Gasteiger partial charge in [0.2, 0.25) is 15.9 Å². The fraction of sp³-hybridized carbons (Fsp3) is 0.467. The van der Waals surface area contributed by atoms with E-state index in [9.17, 15) is 18.0 Å². The summed E-state index contributed by atoms with van der Waals surface area (Å²) in [6.07, 6.45) is 2.21. The van der Waals surface area contributed by atoms with Gasteiger partial charge in [-0.2, -0.15) is 0 Å². The maximum absolute atomic E-state index is 12.4. The molecule has 120 valence electrons. The highest BCUT2D eigenvalue weighted by molar-refractivity contribution is 7.89. The van der Waals surface area contributed by atoms with Crippen LogP contribution in [0.4, 0.5) is 0 Å². The zero-order chi connectivity index (χ0) is 16.3. The molecular weight excluding hydrogens is 304 g/mol. The molecule has 1 heterocycles. The second kappa shape index (κ2) is 6.48. The number of likely N-dealkylation sites (tertiary alicyclic amines) is 1. The molecule has 1 saturated heterocycles. The number of sulfonamides is 1. The van der Waals surface area contributed by atoms with Gasteiger partial charge in [-0.05, 0) is 31.9 Å². The molecule has 0 saturated carbocycles. The Balaban J connectivity index is 2.05. The summed E-state index contributed by atoms with van der Waals surface area (Å²) in [6.45, 7) is 2.77. The first-order valence-electron chi connectivity index (χ1n) is 7.14. The van der Waals surface area contributed by atoms with Gasteiger partial charge < -0.3 is 4.90 Å².